The third kappa shape index (κ3) is 3.51. The first-order valence-electron chi connectivity index (χ1n) is 7.11. The number of nitrogens with zero attached hydrogens (tertiary/aromatic N) is 1. The van der Waals surface area contributed by atoms with Gasteiger partial charge in [0.25, 0.3) is 0 Å². The van der Waals surface area contributed by atoms with Crippen LogP contribution < -0.4 is 9.64 Å². The fourth-order valence-electron chi connectivity index (χ4n) is 2.49. The minimum absolute atomic E-state index is 0.109. The smallest absolute Gasteiger partial charge is 0.415 e. The van der Waals surface area contributed by atoms with E-state index in [0.29, 0.717) is 0 Å². The van der Waals surface area contributed by atoms with Crippen molar-refractivity contribution in [3.8, 4) is 5.75 Å². The Kier molecular flexibility index (Phi) is 4.51. The van der Waals surface area contributed by atoms with Crippen molar-refractivity contribution < 1.29 is 14.3 Å². The standard InChI is InChI=1S/C16H22BrNO3/c1-10-6-7-11-8-12(17)14(20-5)9-13(11)18(10)15(19)21-16(2,3)4/h8-10H,6-7H2,1-5H3. The lowest BCUT2D eigenvalue weighted by atomic mass is 9.97. The van der Waals surface area contributed by atoms with Crippen LogP contribution >= 0.6 is 15.9 Å². The Balaban J connectivity index is 2.42. The second-order valence-electron chi connectivity index (χ2n) is 6.35. The summed E-state index contributed by atoms with van der Waals surface area (Å²) in [4.78, 5) is 14.3. The molecule has 0 spiro atoms. The van der Waals surface area contributed by atoms with E-state index in [1.807, 2.05) is 39.8 Å². The number of hydrogen-bond acceptors (Lipinski definition) is 3. The van der Waals surface area contributed by atoms with E-state index < -0.39 is 5.60 Å². The molecule has 0 aliphatic carbocycles. The van der Waals surface area contributed by atoms with E-state index in [0.717, 1.165) is 34.3 Å². The van der Waals surface area contributed by atoms with Crippen LogP contribution in [-0.4, -0.2) is 24.8 Å². The average Bonchev–Trinajstić information content (AvgIpc) is 2.36. The maximum atomic E-state index is 12.5. The number of anilines is 1. The molecule has 1 unspecified atom stereocenters. The number of halogens is 1. The fourth-order valence-corrected chi connectivity index (χ4v) is 3.04. The molecule has 1 aliphatic rings. The molecule has 0 saturated heterocycles. The minimum Gasteiger partial charge on any atom is -0.495 e. The van der Waals surface area contributed by atoms with Gasteiger partial charge in [0.15, 0.2) is 0 Å². The van der Waals surface area contributed by atoms with Crippen LogP contribution in [-0.2, 0) is 11.2 Å². The Morgan fingerprint density at radius 2 is 2.05 bits per heavy atom. The summed E-state index contributed by atoms with van der Waals surface area (Å²) in [5.41, 5.74) is 1.50. The second-order valence-corrected chi connectivity index (χ2v) is 7.21. The fraction of sp³-hybridized carbons (Fsp3) is 0.562. The van der Waals surface area contributed by atoms with Crippen LogP contribution in [0.1, 0.15) is 39.7 Å². The van der Waals surface area contributed by atoms with Gasteiger partial charge in [-0.25, -0.2) is 4.79 Å². The summed E-state index contributed by atoms with van der Waals surface area (Å²) in [7, 11) is 1.62. The lowest BCUT2D eigenvalue weighted by Gasteiger charge is -2.36. The highest BCUT2D eigenvalue weighted by atomic mass is 79.9. The van der Waals surface area contributed by atoms with Crippen molar-refractivity contribution in [2.75, 3.05) is 12.0 Å². The van der Waals surface area contributed by atoms with Crippen LogP contribution in [0.4, 0.5) is 10.5 Å². The predicted molar refractivity (Wildman–Crippen MR) is 87.2 cm³/mol. The molecule has 21 heavy (non-hydrogen) atoms. The summed E-state index contributed by atoms with van der Waals surface area (Å²) in [5.74, 6) is 0.719. The Morgan fingerprint density at radius 3 is 2.62 bits per heavy atom. The van der Waals surface area contributed by atoms with E-state index >= 15 is 0 Å². The highest BCUT2D eigenvalue weighted by Gasteiger charge is 2.32. The Bertz CT molecular complexity index is 551. The van der Waals surface area contributed by atoms with Crippen molar-refractivity contribution >= 4 is 27.7 Å². The molecular formula is C16H22BrNO3. The maximum absolute atomic E-state index is 12.5. The molecule has 1 amide bonds. The maximum Gasteiger partial charge on any atom is 0.415 e. The van der Waals surface area contributed by atoms with Gasteiger partial charge in [-0.15, -0.1) is 0 Å². The number of ether oxygens (including phenoxy) is 2. The molecule has 0 bridgehead atoms. The van der Waals surface area contributed by atoms with Gasteiger partial charge in [-0.1, -0.05) is 0 Å². The Morgan fingerprint density at radius 1 is 1.38 bits per heavy atom. The Hall–Kier alpha value is -1.23. The second kappa shape index (κ2) is 5.87. The first-order chi connectivity index (χ1) is 9.73. The SMILES string of the molecule is COc1cc2c(cc1Br)CCC(C)N2C(=O)OC(C)(C)C. The van der Waals surface area contributed by atoms with Gasteiger partial charge in [-0.05, 0) is 68.1 Å². The predicted octanol–water partition coefficient (Wildman–Crippen LogP) is 4.53. The highest BCUT2D eigenvalue weighted by Crippen LogP contribution is 2.38. The minimum atomic E-state index is -0.506. The molecule has 1 aromatic carbocycles. The van der Waals surface area contributed by atoms with Gasteiger partial charge in [-0.3, -0.25) is 4.90 Å². The van der Waals surface area contributed by atoms with Crippen molar-refractivity contribution in [3.05, 3.63) is 22.2 Å². The van der Waals surface area contributed by atoms with Gasteiger partial charge in [0.05, 0.1) is 17.3 Å². The number of fused-ring (bicyclic) bond motifs is 1. The molecule has 5 heteroatoms. The highest BCUT2D eigenvalue weighted by molar-refractivity contribution is 9.10. The normalized spacial score (nSPS) is 18.2. The number of rotatable bonds is 1. The molecule has 0 radical (unpaired) electrons. The zero-order valence-corrected chi connectivity index (χ0v) is 14.8. The third-order valence-corrected chi connectivity index (χ3v) is 4.09. The van der Waals surface area contributed by atoms with Crippen molar-refractivity contribution in [3.63, 3.8) is 0 Å². The number of hydrogen-bond donors (Lipinski definition) is 0. The van der Waals surface area contributed by atoms with Crippen molar-refractivity contribution in [1.29, 1.82) is 0 Å². The first-order valence-corrected chi connectivity index (χ1v) is 7.91. The van der Waals surface area contributed by atoms with E-state index in [1.165, 1.54) is 0 Å². The molecule has 2 rings (SSSR count). The van der Waals surface area contributed by atoms with Crippen LogP contribution in [0, 0.1) is 0 Å². The van der Waals surface area contributed by atoms with E-state index in [1.54, 1.807) is 12.0 Å². The van der Waals surface area contributed by atoms with Gasteiger partial charge >= 0.3 is 6.09 Å². The third-order valence-electron chi connectivity index (χ3n) is 3.48. The van der Waals surface area contributed by atoms with E-state index in [2.05, 4.69) is 15.9 Å². The number of carbonyl (C=O) groups excluding carboxylic acids is 1. The van der Waals surface area contributed by atoms with Gasteiger partial charge in [-0.2, -0.15) is 0 Å². The van der Waals surface area contributed by atoms with E-state index in [9.17, 15) is 4.79 Å². The Labute approximate surface area is 134 Å². The summed E-state index contributed by atoms with van der Waals surface area (Å²) < 4.78 is 11.8. The molecule has 116 valence electrons. The number of aryl methyl sites for hydroxylation is 1. The molecule has 1 atom stereocenters. The zero-order chi connectivity index (χ0) is 15.8. The molecule has 4 nitrogen and oxygen atoms in total. The summed E-state index contributed by atoms with van der Waals surface area (Å²) in [6.07, 6.45) is 1.56. The van der Waals surface area contributed by atoms with Crippen LogP contribution in [0.25, 0.3) is 0 Å². The molecule has 0 saturated carbocycles. The topological polar surface area (TPSA) is 38.8 Å². The summed E-state index contributed by atoms with van der Waals surface area (Å²) in [5, 5.41) is 0. The lowest BCUT2D eigenvalue weighted by Crippen LogP contribution is -2.44. The molecule has 1 aliphatic heterocycles. The van der Waals surface area contributed by atoms with Crippen molar-refractivity contribution in [2.45, 2.75) is 52.2 Å². The van der Waals surface area contributed by atoms with E-state index in [-0.39, 0.29) is 12.1 Å². The molecule has 0 fully saturated rings. The first kappa shape index (κ1) is 16.1. The zero-order valence-electron chi connectivity index (χ0n) is 13.2. The van der Waals surface area contributed by atoms with Gasteiger partial charge in [0.2, 0.25) is 0 Å². The van der Waals surface area contributed by atoms with E-state index in [4.69, 9.17) is 9.47 Å². The number of methoxy groups -OCH3 is 1. The summed E-state index contributed by atoms with van der Waals surface area (Å²) >= 11 is 3.50. The lowest BCUT2D eigenvalue weighted by molar-refractivity contribution is 0.0563. The van der Waals surface area contributed by atoms with Crippen LogP contribution in [0.3, 0.4) is 0 Å². The monoisotopic (exact) mass is 355 g/mol. The number of benzene rings is 1. The molecule has 1 aromatic rings. The largest absolute Gasteiger partial charge is 0.495 e. The van der Waals surface area contributed by atoms with Crippen LogP contribution in [0.2, 0.25) is 0 Å². The quantitative estimate of drug-likeness (QED) is 0.742. The number of carbonyl (C=O) groups is 1. The molecule has 0 aromatic heterocycles. The summed E-state index contributed by atoms with van der Waals surface area (Å²) in [6, 6.07) is 4.04. The van der Waals surface area contributed by atoms with Crippen LogP contribution in [0.15, 0.2) is 16.6 Å². The van der Waals surface area contributed by atoms with Crippen molar-refractivity contribution in [1.82, 2.24) is 0 Å². The average molecular weight is 356 g/mol. The molecule has 1 heterocycles. The van der Waals surface area contributed by atoms with Crippen molar-refractivity contribution in [2.24, 2.45) is 0 Å². The van der Waals surface area contributed by atoms with Gasteiger partial charge < -0.3 is 9.47 Å². The van der Waals surface area contributed by atoms with Gasteiger partial charge in [0, 0.05) is 12.1 Å². The number of amides is 1. The van der Waals surface area contributed by atoms with Gasteiger partial charge in [0.1, 0.15) is 11.4 Å². The molecule has 0 N–H and O–H groups in total. The van der Waals surface area contributed by atoms with Crippen LogP contribution in [0.5, 0.6) is 5.75 Å². The molecular weight excluding hydrogens is 334 g/mol. The summed E-state index contributed by atoms with van der Waals surface area (Å²) in [6.45, 7) is 7.68.